The highest BCUT2D eigenvalue weighted by atomic mass is 16.5. The number of ether oxygens (including phenoxy) is 2. The van der Waals surface area contributed by atoms with Crippen LogP contribution in [-0.2, 0) is 14.3 Å². The lowest BCUT2D eigenvalue weighted by molar-refractivity contribution is -0.121. The summed E-state index contributed by atoms with van der Waals surface area (Å²) in [6.45, 7) is 4.07. The molecule has 0 aromatic carbocycles. The largest absolute Gasteiger partial charge is 0.380 e. The van der Waals surface area contributed by atoms with Gasteiger partial charge in [0.05, 0.1) is 6.61 Å². The van der Waals surface area contributed by atoms with E-state index >= 15 is 0 Å². The lowest BCUT2D eigenvalue weighted by Gasteiger charge is -2.02. The van der Waals surface area contributed by atoms with Crippen LogP contribution in [-0.4, -0.2) is 38.8 Å². The standard InChI is InChI=1S/C8H17NO3/c1-8(10)7-12-5-2-4-11-6-3-9/h2-7,9H2,1H3. The zero-order chi connectivity index (χ0) is 9.23. The van der Waals surface area contributed by atoms with Gasteiger partial charge in [-0.2, -0.15) is 0 Å². The van der Waals surface area contributed by atoms with Crippen molar-refractivity contribution in [3.05, 3.63) is 0 Å². The second-order valence-corrected chi connectivity index (χ2v) is 2.51. The summed E-state index contributed by atoms with van der Waals surface area (Å²) in [7, 11) is 0. The molecule has 12 heavy (non-hydrogen) atoms. The molecule has 0 aromatic rings. The van der Waals surface area contributed by atoms with E-state index in [1.807, 2.05) is 0 Å². The molecule has 2 N–H and O–H groups in total. The number of ketones is 1. The predicted molar refractivity (Wildman–Crippen MR) is 46.0 cm³/mol. The number of hydrogen-bond donors (Lipinski definition) is 1. The molecule has 0 atom stereocenters. The highest BCUT2D eigenvalue weighted by molar-refractivity contribution is 5.76. The molecule has 0 saturated heterocycles. The van der Waals surface area contributed by atoms with Crippen LogP contribution in [0.2, 0.25) is 0 Å². The van der Waals surface area contributed by atoms with Crippen LogP contribution >= 0.6 is 0 Å². The summed E-state index contributed by atoms with van der Waals surface area (Å²) < 4.78 is 10.1. The average molecular weight is 175 g/mol. The highest BCUT2D eigenvalue weighted by Crippen LogP contribution is 1.85. The molecule has 0 heterocycles. The van der Waals surface area contributed by atoms with Gasteiger partial charge in [0.15, 0.2) is 5.78 Å². The maximum Gasteiger partial charge on any atom is 0.155 e. The fourth-order valence-corrected chi connectivity index (χ4v) is 0.664. The van der Waals surface area contributed by atoms with E-state index in [0.717, 1.165) is 6.42 Å². The van der Waals surface area contributed by atoms with Crippen molar-refractivity contribution in [2.24, 2.45) is 5.73 Å². The van der Waals surface area contributed by atoms with Gasteiger partial charge in [0.1, 0.15) is 6.61 Å². The van der Waals surface area contributed by atoms with E-state index in [1.54, 1.807) is 0 Å². The third-order valence-electron chi connectivity index (χ3n) is 1.14. The number of Topliss-reactive ketones (excluding diaryl/α,β-unsaturated/α-hetero) is 1. The number of rotatable bonds is 8. The molecule has 0 fully saturated rings. The minimum absolute atomic E-state index is 0.0536. The van der Waals surface area contributed by atoms with Crippen molar-refractivity contribution in [1.29, 1.82) is 0 Å². The van der Waals surface area contributed by atoms with Gasteiger partial charge >= 0.3 is 0 Å². The Morgan fingerprint density at radius 1 is 1.25 bits per heavy atom. The number of carbonyl (C=O) groups is 1. The zero-order valence-electron chi connectivity index (χ0n) is 7.54. The van der Waals surface area contributed by atoms with Crippen LogP contribution in [0.15, 0.2) is 0 Å². The van der Waals surface area contributed by atoms with Crippen molar-refractivity contribution >= 4 is 5.78 Å². The van der Waals surface area contributed by atoms with Crippen LogP contribution in [0, 0.1) is 0 Å². The molecule has 0 radical (unpaired) electrons. The SMILES string of the molecule is CC(=O)COCCCOCCN. The van der Waals surface area contributed by atoms with Gasteiger partial charge in [-0.3, -0.25) is 4.79 Å². The predicted octanol–water partition coefficient (Wildman–Crippen LogP) is -0.0426. The van der Waals surface area contributed by atoms with Crippen LogP contribution in [0.25, 0.3) is 0 Å². The molecule has 0 saturated carbocycles. The normalized spacial score (nSPS) is 10.2. The molecular formula is C8H17NO3. The first kappa shape index (κ1) is 11.6. The fraction of sp³-hybridized carbons (Fsp3) is 0.875. The van der Waals surface area contributed by atoms with Gasteiger partial charge in [0.25, 0.3) is 0 Å². The smallest absolute Gasteiger partial charge is 0.155 e. The Balaban J connectivity index is 2.86. The first-order valence-electron chi connectivity index (χ1n) is 4.12. The monoisotopic (exact) mass is 175 g/mol. The zero-order valence-corrected chi connectivity index (χ0v) is 7.54. The maximum atomic E-state index is 10.4. The number of nitrogens with two attached hydrogens (primary N) is 1. The Kier molecular flexibility index (Phi) is 8.32. The first-order valence-corrected chi connectivity index (χ1v) is 4.12. The van der Waals surface area contributed by atoms with Gasteiger partial charge in [0, 0.05) is 19.8 Å². The van der Waals surface area contributed by atoms with Crippen molar-refractivity contribution < 1.29 is 14.3 Å². The Morgan fingerprint density at radius 3 is 2.50 bits per heavy atom. The molecule has 4 nitrogen and oxygen atoms in total. The molecule has 0 aliphatic heterocycles. The average Bonchev–Trinajstić information content (AvgIpc) is 2.02. The van der Waals surface area contributed by atoms with E-state index in [4.69, 9.17) is 15.2 Å². The first-order chi connectivity index (χ1) is 5.77. The molecular weight excluding hydrogens is 158 g/mol. The molecule has 0 bridgehead atoms. The fourth-order valence-electron chi connectivity index (χ4n) is 0.664. The second-order valence-electron chi connectivity index (χ2n) is 2.51. The van der Waals surface area contributed by atoms with Gasteiger partial charge in [0.2, 0.25) is 0 Å². The van der Waals surface area contributed by atoms with E-state index in [1.165, 1.54) is 6.92 Å². The quantitative estimate of drug-likeness (QED) is 0.526. The van der Waals surface area contributed by atoms with Gasteiger partial charge in [-0.15, -0.1) is 0 Å². The second kappa shape index (κ2) is 8.64. The molecule has 4 heteroatoms. The Morgan fingerprint density at radius 2 is 1.92 bits per heavy atom. The van der Waals surface area contributed by atoms with Crippen molar-refractivity contribution in [3.8, 4) is 0 Å². The summed E-state index contributed by atoms with van der Waals surface area (Å²) in [5, 5.41) is 0. The van der Waals surface area contributed by atoms with Crippen LogP contribution in [0.3, 0.4) is 0 Å². The van der Waals surface area contributed by atoms with Crippen molar-refractivity contribution in [3.63, 3.8) is 0 Å². The van der Waals surface area contributed by atoms with Crippen LogP contribution in [0.5, 0.6) is 0 Å². The third-order valence-corrected chi connectivity index (χ3v) is 1.14. The van der Waals surface area contributed by atoms with Crippen LogP contribution in [0.4, 0.5) is 0 Å². The van der Waals surface area contributed by atoms with E-state index in [-0.39, 0.29) is 12.4 Å². The van der Waals surface area contributed by atoms with E-state index in [9.17, 15) is 4.79 Å². The van der Waals surface area contributed by atoms with Gasteiger partial charge in [-0.1, -0.05) is 0 Å². The lowest BCUT2D eigenvalue weighted by atomic mass is 10.4. The maximum absolute atomic E-state index is 10.4. The summed E-state index contributed by atoms with van der Waals surface area (Å²) in [6, 6.07) is 0. The highest BCUT2D eigenvalue weighted by Gasteiger charge is 1.92. The molecule has 0 amide bonds. The van der Waals surface area contributed by atoms with E-state index in [2.05, 4.69) is 0 Å². The molecule has 0 aliphatic rings. The van der Waals surface area contributed by atoms with Gasteiger partial charge in [-0.25, -0.2) is 0 Å². The molecule has 0 aliphatic carbocycles. The summed E-state index contributed by atoms with van der Waals surface area (Å²) >= 11 is 0. The van der Waals surface area contributed by atoms with Crippen molar-refractivity contribution in [2.45, 2.75) is 13.3 Å². The van der Waals surface area contributed by atoms with E-state index < -0.39 is 0 Å². The van der Waals surface area contributed by atoms with Crippen molar-refractivity contribution in [2.75, 3.05) is 33.0 Å². The third kappa shape index (κ3) is 9.55. The number of hydrogen-bond acceptors (Lipinski definition) is 4. The summed E-state index contributed by atoms with van der Waals surface area (Å²) in [5.41, 5.74) is 5.21. The summed E-state index contributed by atoms with van der Waals surface area (Å²) in [6.07, 6.45) is 0.813. The summed E-state index contributed by atoms with van der Waals surface area (Å²) in [4.78, 5) is 10.4. The minimum Gasteiger partial charge on any atom is -0.380 e. The molecule has 72 valence electrons. The Hall–Kier alpha value is -0.450. The van der Waals surface area contributed by atoms with Crippen LogP contribution < -0.4 is 5.73 Å². The molecule has 0 aromatic heterocycles. The Bertz CT molecular complexity index is 117. The molecule has 0 rings (SSSR count). The molecule has 0 spiro atoms. The van der Waals surface area contributed by atoms with Gasteiger partial charge < -0.3 is 15.2 Å². The van der Waals surface area contributed by atoms with Crippen molar-refractivity contribution in [1.82, 2.24) is 0 Å². The molecule has 0 unspecified atom stereocenters. The Labute approximate surface area is 73.0 Å². The topological polar surface area (TPSA) is 61.5 Å². The van der Waals surface area contributed by atoms with E-state index in [0.29, 0.717) is 26.4 Å². The summed E-state index contributed by atoms with van der Waals surface area (Å²) in [5.74, 6) is 0.0536. The van der Waals surface area contributed by atoms with Gasteiger partial charge in [-0.05, 0) is 13.3 Å². The van der Waals surface area contributed by atoms with Crippen LogP contribution in [0.1, 0.15) is 13.3 Å². The number of carbonyl (C=O) groups excluding carboxylic acids is 1. The minimum atomic E-state index is 0.0536. The lowest BCUT2D eigenvalue weighted by Crippen LogP contribution is -2.11.